The van der Waals surface area contributed by atoms with E-state index in [1.54, 1.807) is 19.1 Å². The highest BCUT2D eigenvalue weighted by Gasteiger charge is 2.37. The van der Waals surface area contributed by atoms with Crippen LogP contribution in [0.1, 0.15) is 27.0 Å². The second-order valence-corrected chi connectivity index (χ2v) is 5.36. The van der Waals surface area contributed by atoms with Crippen molar-refractivity contribution in [1.82, 2.24) is 0 Å². The van der Waals surface area contributed by atoms with Crippen molar-refractivity contribution in [3.05, 3.63) is 76.9 Å². The molecule has 25 heavy (non-hydrogen) atoms. The SMILES string of the molecule is Cc1ccc(C(=O)C=C(c2cccc(C(F)(F)F)c2)C(F)(F)F)cc1. The van der Waals surface area contributed by atoms with E-state index in [1.165, 1.54) is 12.1 Å². The fraction of sp³-hybridized carbons (Fsp3) is 0.167. The van der Waals surface area contributed by atoms with Crippen molar-refractivity contribution in [1.29, 1.82) is 0 Å². The van der Waals surface area contributed by atoms with Crippen molar-refractivity contribution in [3.8, 4) is 0 Å². The molecule has 0 bridgehead atoms. The van der Waals surface area contributed by atoms with Crippen molar-refractivity contribution in [2.75, 3.05) is 0 Å². The van der Waals surface area contributed by atoms with Crippen molar-refractivity contribution >= 4 is 11.4 Å². The maximum Gasteiger partial charge on any atom is 0.417 e. The number of ketones is 1. The number of halogens is 6. The average Bonchev–Trinajstić information content (AvgIpc) is 2.51. The minimum Gasteiger partial charge on any atom is -0.289 e. The van der Waals surface area contributed by atoms with E-state index in [-0.39, 0.29) is 5.56 Å². The summed E-state index contributed by atoms with van der Waals surface area (Å²) in [5, 5.41) is 0. The van der Waals surface area contributed by atoms with Crippen LogP contribution in [0.25, 0.3) is 5.57 Å². The lowest BCUT2D eigenvalue weighted by Crippen LogP contribution is -2.14. The largest absolute Gasteiger partial charge is 0.417 e. The summed E-state index contributed by atoms with van der Waals surface area (Å²) in [5.41, 5.74) is -2.54. The molecule has 0 N–H and O–H groups in total. The number of hydrogen-bond acceptors (Lipinski definition) is 1. The van der Waals surface area contributed by atoms with Gasteiger partial charge in [-0.25, -0.2) is 0 Å². The second-order valence-electron chi connectivity index (χ2n) is 5.36. The first-order valence-electron chi connectivity index (χ1n) is 7.06. The third-order valence-electron chi connectivity index (χ3n) is 3.42. The van der Waals surface area contributed by atoms with Crippen LogP contribution in [-0.2, 0) is 6.18 Å². The van der Waals surface area contributed by atoms with E-state index in [0.29, 0.717) is 18.2 Å². The van der Waals surface area contributed by atoms with Gasteiger partial charge in [-0.1, -0.05) is 42.0 Å². The Kier molecular flexibility index (Phi) is 5.06. The van der Waals surface area contributed by atoms with Gasteiger partial charge in [0.15, 0.2) is 5.78 Å². The molecule has 0 aliphatic carbocycles. The third kappa shape index (κ3) is 4.71. The number of benzene rings is 2. The van der Waals surface area contributed by atoms with Gasteiger partial charge in [-0.2, -0.15) is 26.3 Å². The zero-order valence-electron chi connectivity index (χ0n) is 12.9. The topological polar surface area (TPSA) is 17.1 Å². The van der Waals surface area contributed by atoms with Crippen molar-refractivity contribution in [2.45, 2.75) is 19.3 Å². The van der Waals surface area contributed by atoms with E-state index in [4.69, 9.17) is 0 Å². The summed E-state index contributed by atoms with van der Waals surface area (Å²) < 4.78 is 78.0. The molecule has 0 radical (unpaired) electrons. The van der Waals surface area contributed by atoms with Gasteiger partial charge in [0, 0.05) is 5.56 Å². The summed E-state index contributed by atoms with van der Waals surface area (Å²) in [6.07, 6.45) is -9.45. The molecule has 2 aromatic carbocycles. The Morgan fingerprint density at radius 1 is 0.880 bits per heavy atom. The van der Waals surface area contributed by atoms with E-state index in [1.807, 2.05) is 0 Å². The Balaban J connectivity index is 2.50. The molecule has 0 unspecified atom stereocenters. The molecule has 2 aromatic rings. The molecular weight excluding hydrogens is 346 g/mol. The number of hydrogen-bond donors (Lipinski definition) is 0. The number of aryl methyl sites for hydroxylation is 1. The Labute approximate surface area is 139 Å². The summed E-state index contributed by atoms with van der Waals surface area (Å²) in [6, 6.07) is 8.62. The molecule has 0 heterocycles. The van der Waals surface area contributed by atoms with E-state index in [2.05, 4.69) is 0 Å². The summed E-state index contributed by atoms with van der Waals surface area (Å²) in [4.78, 5) is 12.1. The van der Waals surface area contributed by atoms with Crippen LogP contribution < -0.4 is 0 Å². The van der Waals surface area contributed by atoms with E-state index in [0.717, 1.165) is 17.7 Å². The van der Waals surface area contributed by atoms with Gasteiger partial charge in [0.05, 0.1) is 11.1 Å². The standard InChI is InChI=1S/C18H12F6O/c1-11-5-7-12(8-6-11)16(25)10-15(18(22,23)24)13-3-2-4-14(9-13)17(19,20)21/h2-10H,1H3. The van der Waals surface area contributed by atoms with E-state index < -0.39 is 34.8 Å². The first-order valence-corrected chi connectivity index (χ1v) is 7.06. The van der Waals surface area contributed by atoms with Crippen LogP contribution >= 0.6 is 0 Å². The molecule has 1 nitrogen and oxygen atoms in total. The zero-order chi connectivity index (χ0) is 18.8. The number of rotatable bonds is 3. The molecule has 0 aliphatic heterocycles. The van der Waals surface area contributed by atoms with E-state index in [9.17, 15) is 31.1 Å². The lowest BCUT2D eigenvalue weighted by atomic mass is 9.99. The monoisotopic (exact) mass is 358 g/mol. The smallest absolute Gasteiger partial charge is 0.289 e. The Morgan fingerprint density at radius 2 is 1.48 bits per heavy atom. The summed E-state index contributed by atoms with van der Waals surface area (Å²) in [5.74, 6) is -0.940. The predicted octanol–water partition coefficient (Wildman–Crippen LogP) is 5.84. The fourth-order valence-corrected chi connectivity index (χ4v) is 2.12. The highest BCUT2D eigenvalue weighted by molar-refractivity contribution is 6.09. The van der Waals surface area contributed by atoms with Gasteiger partial charge >= 0.3 is 12.4 Å². The van der Waals surface area contributed by atoms with Gasteiger partial charge < -0.3 is 0 Å². The molecule has 0 fully saturated rings. The summed E-state index contributed by atoms with van der Waals surface area (Å²) in [7, 11) is 0. The summed E-state index contributed by atoms with van der Waals surface area (Å²) >= 11 is 0. The normalized spacial score (nSPS) is 13.0. The van der Waals surface area contributed by atoms with Crippen molar-refractivity contribution < 1.29 is 31.1 Å². The fourth-order valence-electron chi connectivity index (χ4n) is 2.12. The molecule has 0 aliphatic rings. The highest BCUT2D eigenvalue weighted by Crippen LogP contribution is 2.37. The quantitative estimate of drug-likeness (QED) is 0.383. The maximum atomic E-state index is 13.3. The number of alkyl halides is 6. The Morgan fingerprint density at radius 3 is 2.00 bits per heavy atom. The second kappa shape index (κ2) is 6.74. The van der Waals surface area contributed by atoms with Crippen molar-refractivity contribution in [3.63, 3.8) is 0 Å². The first-order chi connectivity index (χ1) is 11.5. The van der Waals surface area contributed by atoms with Crippen LogP contribution in [0.15, 0.2) is 54.6 Å². The van der Waals surface area contributed by atoms with Crippen LogP contribution in [-0.4, -0.2) is 12.0 Å². The molecule has 132 valence electrons. The Bertz CT molecular complexity index is 798. The molecule has 7 heteroatoms. The van der Waals surface area contributed by atoms with Crippen LogP contribution in [0.4, 0.5) is 26.3 Å². The molecule has 0 amide bonds. The van der Waals surface area contributed by atoms with Crippen LogP contribution in [0.5, 0.6) is 0 Å². The van der Waals surface area contributed by atoms with Gasteiger partial charge in [-0.3, -0.25) is 4.79 Å². The predicted molar refractivity (Wildman–Crippen MR) is 81.0 cm³/mol. The van der Waals surface area contributed by atoms with E-state index >= 15 is 0 Å². The molecule has 0 aromatic heterocycles. The van der Waals surface area contributed by atoms with Gasteiger partial charge in [-0.05, 0) is 30.7 Å². The minimum absolute atomic E-state index is 0.0133. The van der Waals surface area contributed by atoms with Crippen LogP contribution in [0.2, 0.25) is 0 Å². The number of allylic oxidation sites excluding steroid dienone is 2. The number of carbonyl (C=O) groups excluding carboxylic acids is 1. The minimum atomic E-state index is -4.98. The lowest BCUT2D eigenvalue weighted by Gasteiger charge is -2.14. The van der Waals surface area contributed by atoms with Crippen LogP contribution in [0.3, 0.4) is 0 Å². The molecule has 0 spiro atoms. The highest BCUT2D eigenvalue weighted by atomic mass is 19.4. The molecule has 0 atom stereocenters. The maximum absolute atomic E-state index is 13.3. The van der Waals surface area contributed by atoms with Crippen molar-refractivity contribution in [2.24, 2.45) is 0 Å². The third-order valence-corrected chi connectivity index (χ3v) is 3.42. The molecule has 0 saturated heterocycles. The van der Waals surface area contributed by atoms with Gasteiger partial charge in [0.2, 0.25) is 0 Å². The van der Waals surface area contributed by atoms with Gasteiger partial charge in [0.25, 0.3) is 0 Å². The molecule has 2 rings (SSSR count). The first kappa shape index (κ1) is 18.8. The average molecular weight is 358 g/mol. The number of carbonyl (C=O) groups is 1. The van der Waals surface area contributed by atoms with Gasteiger partial charge in [-0.15, -0.1) is 0 Å². The lowest BCUT2D eigenvalue weighted by molar-refractivity contribution is -0.137. The summed E-state index contributed by atoms with van der Waals surface area (Å²) in [6.45, 7) is 1.74. The molecular formula is C18H12F6O. The van der Waals surface area contributed by atoms with Gasteiger partial charge in [0.1, 0.15) is 0 Å². The zero-order valence-corrected chi connectivity index (χ0v) is 12.9. The Hall–Kier alpha value is -2.57. The molecule has 0 saturated carbocycles. The van der Waals surface area contributed by atoms with Crippen LogP contribution in [0, 0.1) is 6.92 Å².